The predicted molar refractivity (Wildman–Crippen MR) is 61.0 cm³/mol. The van der Waals surface area contributed by atoms with Gasteiger partial charge in [0.25, 0.3) is 5.69 Å². The smallest absolute Gasteiger partial charge is 0.278 e. The minimum absolute atomic E-state index is 0.0522. The normalized spacial score (nSPS) is 14.4. The minimum atomic E-state index is -0.472. The molecular weight excluding hydrogens is 224 g/mol. The van der Waals surface area contributed by atoms with Gasteiger partial charge in [0.05, 0.1) is 16.6 Å². The Morgan fingerprint density at radius 3 is 2.76 bits per heavy atom. The number of nitro benzene ring substituents is 1. The molecule has 1 atom stereocenters. The van der Waals surface area contributed by atoms with E-state index >= 15 is 0 Å². The SMILES string of the molecule is C=CC[C@H](N)c1cc2c(cc1[N+](=O)[O-])OCO2. The average Bonchev–Trinajstić information content (AvgIpc) is 2.74. The number of nitro groups is 1. The topological polar surface area (TPSA) is 87.6 Å². The standard InChI is InChI=1S/C11H12N2O4/c1-2-3-8(12)7-4-10-11(17-6-16-10)5-9(7)13(14)15/h2,4-5,8H,1,3,6,12H2/t8-/m0/s1. The Morgan fingerprint density at radius 2 is 2.18 bits per heavy atom. The fourth-order valence-electron chi connectivity index (χ4n) is 1.71. The molecule has 1 aliphatic heterocycles. The molecule has 90 valence electrons. The zero-order valence-electron chi connectivity index (χ0n) is 9.09. The van der Waals surface area contributed by atoms with E-state index in [1.54, 1.807) is 12.1 Å². The maximum absolute atomic E-state index is 11.0. The molecular formula is C11H12N2O4. The molecule has 1 aromatic rings. The van der Waals surface area contributed by atoms with Gasteiger partial charge in [-0.1, -0.05) is 6.08 Å². The number of hydrogen-bond donors (Lipinski definition) is 1. The Bertz CT molecular complexity index is 473. The van der Waals surface area contributed by atoms with E-state index in [0.717, 1.165) is 0 Å². The molecule has 6 heteroatoms. The van der Waals surface area contributed by atoms with Crippen molar-refractivity contribution in [2.75, 3.05) is 6.79 Å². The molecule has 1 heterocycles. The fraction of sp³-hybridized carbons (Fsp3) is 0.273. The van der Waals surface area contributed by atoms with Crippen molar-refractivity contribution in [3.05, 3.63) is 40.5 Å². The highest BCUT2D eigenvalue weighted by Gasteiger charge is 2.25. The number of ether oxygens (including phenoxy) is 2. The van der Waals surface area contributed by atoms with Gasteiger partial charge in [-0.2, -0.15) is 0 Å². The molecule has 1 aliphatic rings. The van der Waals surface area contributed by atoms with E-state index in [4.69, 9.17) is 15.2 Å². The largest absolute Gasteiger partial charge is 0.454 e. The van der Waals surface area contributed by atoms with Gasteiger partial charge in [-0.15, -0.1) is 6.58 Å². The first kappa shape index (κ1) is 11.4. The van der Waals surface area contributed by atoms with E-state index in [-0.39, 0.29) is 12.5 Å². The molecule has 0 saturated carbocycles. The molecule has 0 spiro atoms. The van der Waals surface area contributed by atoms with E-state index in [1.807, 2.05) is 0 Å². The zero-order valence-corrected chi connectivity index (χ0v) is 9.09. The second-order valence-corrected chi connectivity index (χ2v) is 3.65. The summed E-state index contributed by atoms with van der Waals surface area (Å²) in [4.78, 5) is 10.5. The lowest BCUT2D eigenvalue weighted by Crippen LogP contribution is -2.11. The van der Waals surface area contributed by atoms with Crippen molar-refractivity contribution >= 4 is 5.69 Å². The fourth-order valence-corrected chi connectivity index (χ4v) is 1.71. The Hall–Kier alpha value is -2.08. The van der Waals surface area contributed by atoms with Gasteiger partial charge >= 0.3 is 0 Å². The zero-order chi connectivity index (χ0) is 12.4. The van der Waals surface area contributed by atoms with Crippen molar-refractivity contribution in [2.24, 2.45) is 5.73 Å². The lowest BCUT2D eigenvalue weighted by Gasteiger charge is -2.10. The van der Waals surface area contributed by atoms with Crippen LogP contribution in [0.15, 0.2) is 24.8 Å². The van der Waals surface area contributed by atoms with Crippen LogP contribution in [0.25, 0.3) is 0 Å². The van der Waals surface area contributed by atoms with Gasteiger partial charge < -0.3 is 15.2 Å². The summed E-state index contributed by atoms with van der Waals surface area (Å²) in [7, 11) is 0. The van der Waals surface area contributed by atoms with Crippen molar-refractivity contribution in [1.29, 1.82) is 0 Å². The Labute approximate surface area is 97.8 Å². The molecule has 2 rings (SSSR count). The van der Waals surface area contributed by atoms with Crippen molar-refractivity contribution in [3.63, 3.8) is 0 Å². The quantitative estimate of drug-likeness (QED) is 0.490. The highest BCUT2D eigenvalue weighted by Crippen LogP contribution is 2.40. The summed E-state index contributed by atoms with van der Waals surface area (Å²) in [6, 6.07) is 2.44. The lowest BCUT2D eigenvalue weighted by atomic mass is 10.0. The molecule has 2 N–H and O–H groups in total. The van der Waals surface area contributed by atoms with Gasteiger partial charge in [0, 0.05) is 6.04 Å². The third-order valence-electron chi connectivity index (χ3n) is 2.54. The van der Waals surface area contributed by atoms with Crippen LogP contribution in [0.3, 0.4) is 0 Å². The molecule has 6 nitrogen and oxygen atoms in total. The van der Waals surface area contributed by atoms with E-state index in [9.17, 15) is 10.1 Å². The van der Waals surface area contributed by atoms with Crippen LogP contribution in [0.4, 0.5) is 5.69 Å². The van der Waals surface area contributed by atoms with Crippen LogP contribution in [-0.4, -0.2) is 11.7 Å². The van der Waals surface area contributed by atoms with Crippen LogP contribution in [0.1, 0.15) is 18.0 Å². The van der Waals surface area contributed by atoms with E-state index in [0.29, 0.717) is 23.5 Å². The highest BCUT2D eigenvalue weighted by molar-refractivity contribution is 5.56. The second-order valence-electron chi connectivity index (χ2n) is 3.65. The van der Waals surface area contributed by atoms with E-state index in [1.165, 1.54) is 6.07 Å². The van der Waals surface area contributed by atoms with Crippen molar-refractivity contribution in [1.82, 2.24) is 0 Å². The summed E-state index contributed by atoms with van der Waals surface area (Å²) in [5.41, 5.74) is 6.24. The van der Waals surface area contributed by atoms with Crippen molar-refractivity contribution in [3.8, 4) is 11.5 Å². The minimum Gasteiger partial charge on any atom is -0.454 e. The summed E-state index contributed by atoms with van der Waals surface area (Å²) >= 11 is 0. The van der Waals surface area contributed by atoms with Crippen molar-refractivity contribution in [2.45, 2.75) is 12.5 Å². The molecule has 0 bridgehead atoms. The first-order chi connectivity index (χ1) is 8.13. The summed E-state index contributed by atoms with van der Waals surface area (Å²) < 4.78 is 10.3. The number of rotatable bonds is 4. The Balaban J connectivity index is 2.48. The first-order valence-corrected chi connectivity index (χ1v) is 5.08. The van der Waals surface area contributed by atoms with Gasteiger partial charge in [-0.25, -0.2) is 0 Å². The van der Waals surface area contributed by atoms with E-state index < -0.39 is 11.0 Å². The summed E-state index contributed by atoms with van der Waals surface area (Å²) in [5, 5.41) is 11.0. The number of hydrogen-bond acceptors (Lipinski definition) is 5. The monoisotopic (exact) mass is 236 g/mol. The maximum Gasteiger partial charge on any atom is 0.278 e. The Kier molecular flexibility index (Phi) is 2.97. The van der Waals surface area contributed by atoms with Crippen LogP contribution < -0.4 is 15.2 Å². The molecule has 0 aliphatic carbocycles. The average molecular weight is 236 g/mol. The summed E-state index contributed by atoms with van der Waals surface area (Å²) in [6.45, 7) is 3.64. The third kappa shape index (κ3) is 2.07. The summed E-state index contributed by atoms with van der Waals surface area (Å²) in [6.07, 6.45) is 2.08. The molecule has 0 unspecified atom stereocenters. The highest BCUT2D eigenvalue weighted by atomic mass is 16.7. The van der Waals surface area contributed by atoms with Crippen LogP contribution in [0, 0.1) is 10.1 Å². The van der Waals surface area contributed by atoms with Gasteiger partial charge in [-0.05, 0) is 12.5 Å². The molecule has 0 saturated heterocycles. The van der Waals surface area contributed by atoms with Crippen LogP contribution in [0.5, 0.6) is 11.5 Å². The number of nitrogens with zero attached hydrogens (tertiary/aromatic N) is 1. The lowest BCUT2D eigenvalue weighted by molar-refractivity contribution is -0.385. The molecule has 0 aromatic heterocycles. The number of fused-ring (bicyclic) bond motifs is 1. The van der Waals surface area contributed by atoms with Crippen LogP contribution in [-0.2, 0) is 0 Å². The number of nitrogens with two attached hydrogens (primary N) is 1. The van der Waals surface area contributed by atoms with Crippen molar-refractivity contribution < 1.29 is 14.4 Å². The van der Waals surface area contributed by atoms with Crippen LogP contribution >= 0.6 is 0 Å². The molecule has 0 radical (unpaired) electrons. The third-order valence-corrected chi connectivity index (χ3v) is 2.54. The van der Waals surface area contributed by atoms with Gasteiger partial charge in [-0.3, -0.25) is 10.1 Å². The van der Waals surface area contributed by atoms with Crippen LogP contribution in [0.2, 0.25) is 0 Å². The second kappa shape index (κ2) is 4.42. The molecule has 17 heavy (non-hydrogen) atoms. The van der Waals surface area contributed by atoms with Gasteiger partial charge in [0.1, 0.15) is 0 Å². The predicted octanol–water partition coefficient (Wildman–Crippen LogP) is 1.90. The maximum atomic E-state index is 11.0. The number of benzene rings is 1. The summed E-state index contributed by atoms with van der Waals surface area (Å²) in [5.74, 6) is 0.872. The molecule has 0 amide bonds. The van der Waals surface area contributed by atoms with Gasteiger partial charge in [0.15, 0.2) is 11.5 Å². The van der Waals surface area contributed by atoms with E-state index in [2.05, 4.69) is 6.58 Å². The van der Waals surface area contributed by atoms with Gasteiger partial charge in [0.2, 0.25) is 6.79 Å². The molecule has 1 aromatic carbocycles. The first-order valence-electron chi connectivity index (χ1n) is 5.08. The Morgan fingerprint density at radius 1 is 1.53 bits per heavy atom. The molecule has 0 fully saturated rings.